The van der Waals surface area contributed by atoms with E-state index in [1.807, 2.05) is 0 Å². The van der Waals surface area contributed by atoms with Gasteiger partial charge >= 0.3 is 11.9 Å². The Kier molecular flexibility index (Phi) is 33.2. The van der Waals surface area contributed by atoms with Crippen LogP contribution >= 0.6 is 0 Å². The molecule has 1 aliphatic rings. The molecule has 0 aromatic rings. The number of primary amides is 1. The first-order valence-electron chi connectivity index (χ1n) is 28.0. The van der Waals surface area contributed by atoms with Crippen molar-refractivity contribution in [3.63, 3.8) is 0 Å². The zero-order valence-electron chi connectivity index (χ0n) is 49.0. The number of hydrogen-bond acceptors (Lipinski definition) is 19. The van der Waals surface area contributed by atoms with E-state index in [4.69, 9.17) is 17.2 Å². The van der Waals surface area contributed by atoms with Gasteiger partial charge in [0.25, 0.3) is 0 Å². The van der Waals surface area contributed by atoms with E-state index in [2.05, 4.69) is 47.9 Å². The zero-order chi connectivity index (χ0) is 64.3. The predicted molar refractivity (Wildman–Crippen MR) is 297 cm³/mol. The molecule has 21 N–H and O–H groups in total. The van der Waals surface area contributed by atoms with Crippen molar-refractivity contribution in [3.8, 4) is 0 Å². The number of rotatable bonds is 39. The van der Waals surface area contributed by atoms with Crippen LogP contribution in [0, 0.1) is 17.8 Å². The fourth-order valence-electron chi connectivity index (χ4n) is 8.71. The lowest BCUT2D eigenvalue weighted by atomic mass is 9.98. The van der Waals surface area contributed by atoms with Crippen LogP contribution in [0.3, 0.4) is 0 Å². The van der Waals surface area contributed by atoms with Crippen LogP contribution in [0.5, 0.6) is 0 Å². The van der Waals surface area contributed by atoms with Crippen LogP contribution in [-0.2, 0) is 62.3 Å². The van der Waals surface area contributed by atoms with Gasteiger partial charge in [-0.25, -0.2) is 4.79 Å². The van der Waals surface area contributed by atoms with E-state index >= 15 is 0 Å². The summed E-state index contributed by atoms with van der Waals surface area (Å²) in [4.78, 5) is 173. The molecule has 11 amide bonds. The maximum atomic E-state index is 14.3. The third kappa shape index (κ3) is 25.8. The van der Waals surface area contributed by atoms with Crippen LogP contribution in [0.25, 0.3) is 0 Å². The first kappa shape index (κ1) is 74.9. The first-order valence-corrected chi connectivity index (χ1v) is 28.0. The van der Waals surface area contributed by atoms with Gasteiger partial charge in [-0.15, -0.1) is 0 Å². The minimum absolute atomic E-state index is 0.00745. The van der Waals surface area contributed by atoms with E-state index in [9.17, 15) is 93.0 Å². The highest BCUT2D eigenvalue weighted by Crippen LogP contribution is 2.21. The Hall–Kier alpha value is -7.13. The fraction of sp³-hybridized carbons (Fsp3) is 0.750. The number of hydrogen-bond donors (Lipinski definition) is 18. The molecule has 1 aliphatic heterocycles. The molecule has 32 heteroatoms. The number of aliphatic hydroxyl groups excluding tert-OH is 4. The average molecular weight is 1200 g/mol. The second-order valence-electron chi connectivity index (χ2n) is 22.0. The van der Waals surface area contributed by atoms with Gasteiger partial charge in [-0.05, 0) is 95.9 Å². The number of amides is 11. The Morgan fingerprint density at radius 3 is 1.43 bits per heavy atom. The molecule has 0 unspecified atom stereocenters. The van der Waals surface area contributed by atoms with Crippen LogP contribution in [0.1, 0.15) is 126 Å². The molecular formula is C52H91N13O19. The molecule has 13 atom stereocenters. The number of unbranched alkanes of at least 4 members (excludes halogenated alkanes) is 1. The van der Waals surface area contributed by atoms with Crippen LogP contribution < -0.4 is 65.1 Å². The molecule has 1 fully saturated rings. The molecule has 478 valence electrons. The molecule has 32 nitrogen and oxygen atoms in total. The monoisotopic (exact) mass is 1200 g/mol. The Balaban J connectivity index is 3.42. The summed E-state index contributed by atoms with van der Waals surface area (Å²) in [5.41, 5.74) is 16.5. The fourth-order valence-corrected chi connectivity index (χ4v) is 8.71. The summed E-state index contributed by atoms with van der Waals surface area (Å²) in [6.07, 6.45) is -4.63. The average Bonchev–Trinajstić information content (AvgIpc) is 4.07. The lowest BCUT2D eigenvalue weighted by Crippen LogP contribution is -2.62. The SMILES string of the molecule is CC(C)C[C@H](NC(=O)[C@@H](NC(=O)[C@@H](NC(=O)[C@H](CC(C)C)NC(=O)[C@@H]1CCCN1C(=O)[C@@H](NC(=O)[C@H](CCC(N)=O)NC(=O)[C@H](CO)NC(=O)[C@H](CCCCN)NC(=O)[C@H](CCC(=O)O)NC(=O)[C@@H](N)CO)[C@@H](C)O)C(C)C)[C@@H](C)O)C(=O)O. The van der Waals surface area contributed by atoms with E-state index in [1.165, 1.54) is 6.92 Å². The summed E-state index contributed by atoms with van der Waals surface area (Å²) in [6, 6.07) is -17.0. The maximum Gasteiger partial charge on any atom is 0.326 e. The van der Waals surface area contributed by atoms with Crippen molar-refractivity contribution >= 4 is 76.9 Å². The minimum Gasteiger partial charge on any atom is -0.481 e. The number of carbonyl (C=O) groups is 13. The van der Waals surface area contributed by atoms with Crippen LogP contribution in [-0.4, -0.2) is 217 Å². The topological polar surface area (TPSA) is 533 Å². The van der Waals surface area contributed by atoms with Gasteiger partial charge in [-0.3, -0.25) is 57.5 Å². The van der Waals surface area contributed by atoms with Gasteiger partial charge in [0.1, 0.15) is 66.5 Å². The number of carbonyl (C=O) groups excluding carboxylic acids is 11. The lowest BCUT2D eigenvalue weighted by molar-refractivity contribution is -0.145. The maximum absolute atomic E-state index is 14.3. The molecule has 84 heavy (non-hydrogen) atoms. The number of likely N-dealkylation sites (tertiary alicyclic amines) is 1. The van der Waals surface area contributed by atoms with E-state index in [0.717, 1.165) is 11.8 Å². The first-order chi connectivity index (χ1) is 39.2. The molecule has 1 saturated heterocycles. The molecule has 0 spiro atoms. The molecular weight excluding hydrogens is 1110 g/mol. The van der Waals surface area contributed by atoms with Crippen molar-refractivity contribution in [3.05, 3.63) is 0 Å². The highest BCUT2D eigenvalue weighted by Gasteiger charge is 2.42. The largest absolute Gasteiger partial charge is 0.481 e. The molecule has 0 radical (unpaired) electrons. The van der Waals surface area contributed by atoms with E-state index < -0.39 is 200 Å². The Morgan fingerprint density at radius 1 is 0.512 bits per heavy atom. The summed E-state index contributed by atoms with van der Waals surface area (Å²) in [7, 11) is 0. The number of carboxylic acid groups (broad SMARTS) is 2. The third-order valence-electron chi connectivity index (χ3n) is 13.4. The lowest BCUT2D eigenvalue weighted by Gasteiger charge is -2.32. The van der Waals surface area contributed by atoms with Gasteiger partial charge in [0.2, 0.25) is 65.0 Å². The van der Waals surface area contributed by atoms with Gasteiger partial charge in [0, 0.05) is 19.4 Å². The standard InChI is InChI=1S/C52H91N13O19/c1-24(2)20-33(46(77)62-39(26(5)6)49(80)63-40(27(7)68)50(81)60-34(52(83)84)21-25(3)4)59-48(79)36-13-11-19-65(36)51(82)41(28(8)69)64-45(76)31(14-16-37(55)70)58-47(78)35(23-67)61-43(74)30(12-9-10-18-53)57-44(75)32(15-17-38(71)72)56-42(73)29(54)22-66/h24-36,39-41,66-69H,9-23,53-54H2,1-8H3,(H2,55,70)(H,56,73)(H,57,75)(H,58,78)(H,59,79)(H,60,81)(H,61,74)(H,62,77)(H,63,80)(H,64,76)(H,71,72)(H,83,84)/t27-,28-,29+,30+,31+,32+,33+,34+,35+,36+,39+,40+,41+/m1/s1. The van der Waals surface area contributed by atoms with Crippen molar-refractivity contribution in [2.45, 2.75) is 205 Å². The minimum atomic E-state index is -1.87. The molecule has 0 aromatic heterocycles. The number of nitrogens with one attached hydrogen (secondary N) is 9. The van der Waals surface area contributed by atoms with Crippen LogP contribution in [0.4, 0.5) is 0 Å². The van der Waals surface area contributed by atoms with E-state index in [0.29, 0.717) is 6.42 Å². The van der Waals surface area contributed by atoms with E-state index in [-0.39, 0.29) is 63.5 Å². The predicted octanol–water partition coefficient (Wildman–Crippen LogP) is -6.49. The third-order valence-corrected chi connectivity index (χ3v) is 13.4. The highest BCUT2D eigenvalue weighted by molar-refractivity contribution is 5.99. The van der Waals surface area contributed by atoms with Crippen LogP contribution in [0.15, 0.2) is 0 Å². The van der Waals surface area contributed by atoms with Crippen molar-refractivity contribution < 1.29 is 93.0 Å². The van der Waals surface area contributed by atoms with E-state index in [1.54, 1.807) is 41.5 Å². The van der Waals surface area contributed by atoms with Gasteiger partial charge in [-0.1, -0.05) is 41.5 Å². The van der Waals surface area contributed by atoms with Gasteiger partial charge in [0.15, 0.2) is 0 Å². The quantitative estimate of drug-likeness (QED) is 0.0255. The van der Waals surface area contributed by atoms with Gasteiger partial charge in [0.05, 0.1) is 25.4 Å². The number of nitrogens with two attached hydrogens (primary N) is 3. The van der Waals surface area contributed by atoms with Crippen molar-refractivity contribution in [1.82, 2.24) is 52.8 Å². The summed E-state index contributed by atoms with van der Waals surface area (Å²) < 4.78 is 0. The number of aliphatic carboxylic acids is 2. The smallest absolute Gasteiger partial charge is 0.326 e. The summed E-state index contributed by atoms with van der Waals surface area (Å²) in [5.74, 6) is -14.8. The van der Waals surface area contributed by atoms with Gasteiger partial charge < -0.3 is 101 Å². The Morgan fingerprint density at radius 2 is 0.952 bits per heavy atom. The molecule has 0 saturated carbocycles. The number of carboxylic acids is 2. The summed E-state index contributed by atoms with van der Waals surface area (Å²) in [5, 5.41) is 81.3. The molecule has 0 bridgehead atoms. The normalized spacial score (nSPS) is 17.5. The number of aliphatic hydroxyl groups is 4. The zero-order valence-corrected chi connectivity index (χ0v) is 49.0. The molecule has 0 aliphatic carbocycles. The number of nitrogens with zero attached hydrogens (tertiary/aromatic N) is 1. The van der Waals surface area contributed by atoms with Crippen molar-refractivity contribution in [2.24, 2.45) is 35.0 Å². The van der Waals surface area contributed by atoms with Crippen molar-refractivity contribution in [2.75, 3.05) is 26.3 Å². The van der Waals surface area contributed by atoms with Gasteiger partial charge in [-0.2, -0.15) is 0 Å². The summed E-state index contributed by atoms with van der Waals surface area (Å²) >= 11 is 0. The molecule has 0 aromatic carbocycles. The molecule has 1 heterocycles. The Labute approximate surface area is 487 Å². The Bertz CT molecular complexity index is 2270. The second kappa shape index (κ2) is 37.2. The van der Waals surface area contributed by atoms with Crippen LogP contribution in [0.2, 0.25) is 0 Å². The highest BCUT2D eigenvalue weighted by atomic mass is 16.4. The molecule has 1 rings (SSSR count). The summed E-state index contributed by atoms with van der Waals surface area (Å²) in [6.45, 7) is 10.6. The van der Waals surface area contributed by atoms with Crippen molar-refractivity contribution in [1.29, 1.82) is 0 Å². The second-order valence-corrected chi connectivity index (χ2v) is 22.0.